The third kappa shape index (κ3) is 2.12. The number of carbonyl (C=O) groups excluding carboxylic acids is 1. The van der Waals surface area contributed by atoms with Crippen LogP contribution in [0.5, 0.6) is 0 Å². The molecule has 0 spiro atoms. The van der Waals surface area contributed by atoms with E-state index in [4.69, 9.17) is 9.97 Å². The second-order valence-corrected chi connectivity index (χ2v) is 9.24. The van der Waals surface area contributed by atoms with Crippen LogP contribution in [0.3, 0.4) is 0 Å². The van der Waals surface area contributed by atoms with Crippen molar-refractivity contribution in [3.05, 3.63) is 17.1 Å². The maximum Gasteiger partial charge on any atom is 0.226 e. The standard InChI is InChI=1S/C21H28N4O/c1-12-22-16-11-25(9-6-15(16)20(23-12)24-7-2-3-8-24)21(26)19-17-13-4-5-14(10-13)18(17)19/h13-14,17-19H,2-11H2,1H3/t13-,14+,17+,18-,19?. The second-order valence-electron chi connectivity index (χ2n) is 9.24. The van der Waals surface area contributed by atoms with Crippen LogP contribution in [0.25, 0.3) is 0 Å². The molecule has 5 nitrogen and oxygen atoms in total. The van der Waals surface area contributed by atoms with Crippen LogP contribution in [0.15, 0.2) is 0 Å². The zero-order chi connectivity index (χ0) is 17.4. The summed E-state index contributed by atoms with van der Waals surface area (Å²) >= 11 is 0. The van der Waals surface area contributed by atoms with Gasteiger partial charge in [-0.2, -0.15) is 0 Å². The van der Waals surface area contributed by atoms with Gasteiger partial charge in [-0.25, -0.2) is 9.97 Å². The van der Waals surface area contributed by atoms with Crippen LogP contribution in [0.4, 0.5) is 5.82 Å². The summed E-state index contributed by atoms with van der Waals surface area (Å²) in [5, 5.41) is 0. The molecule has 0 N–H and O–H groups in total. The number of anilines is 1. The molecule has 5 heteroatoms. The minimum atomic E-state index is 0.351. The van der Waals surface area contributed by atoms with E-state index in [2.05, 4.69) is 9.80 Å². The van der Waals surface area contributed by atoms with Crippen molar-refractivity contribution in [2.45, 2.75) is 52.0 Å². The molecule has 5 aliphatic rings. The molecule has 2 aliphatic heterocycles. The summed E-state index contributed by atoms with van der Waals surface area (Å²) in [5.74, 6) is 5.97. The van der Waals surface area contributed by atoms with Gasteiger partial charge in [0.25, 0.3) is 0 Å². The van der Waals surface area contributed by atoms with E-state index < -0.39 is 0 Å². The van der Waals surface area contributed by atoms with E-state index in [1.54, 1.807) is 0 Å². The van der Waals surface area contributed by atoms with Crippen LogP contribution >= 0.6 is 0 Å². The average molecular weight is 352 g/mol. The van der Waals surface area contributed by atoms with Crippen LogP contribution < -0.4 is 4.90 Å². The van der Waals surface area contributed by atoms with Gasteiger partial charge in [-0.15, -0.1) is 0 Å². The Morgan fingerprint density at radius 3 is 2.50 bits per heavy atom. The Hall–Kier alpha value is -1.65. The predicted octanol–water partition coefficient (Wildman–Crippen LogP) is 2.56. The lowest BCUT2D eigenvalue weighted by atomic mass is 9.99. The van der Waals surface area contributed by atoms with Gasteiger partial charge >= 0.3 is 0 Å². The number of amides is 1. The molecule has 4 fully saturated rings. The van der Waals surface area contributed by atoms with Crippen molar-refractivity contribution in [2.75, 3.05) is 24.5 Å². The lowest BCUT2D eigenvalue weighted by molar-refractivity contribution is -0.134. The molecule has 1 aromatic rings. The molecule has 138 valence electrons. The molecule has 3 heterocycles. The lowest BCUT2D eigenvalue weighted by Crippen LogP contribution is -2.39. The number of rotatable bonds is 2. The minimum Gasteiger partial charge on any atom is -0.356 e. The Bertz CT molecular complexity index is 756. The largest absolute Gasteiger partial charge is 0.356 e. The molecule has 3 saturated carbocycles. The summed E-state index contributed by atoms with van der Waals surface area (Å²) in [6.45, 7) is 5.76. The zero-order valence-corrected chi connectivity index (χ0v) is 15.7. The van der Waals surface area contributed by atoms with E-state index in [9.17, 15) is 4.79 Å². The van der Waals surface area contributed by atoms with Crippen molar-refractivity contribution in [3.8, 4) is 0 Å². The molecule has 26 heavy (non-hydrogen) atoms. The number of hydrogen-bond donors (Lipinski definition) is 0. The maximum absolute atomic E-state index is 13.2. The summed E-state index contributed by atoms with van der Waals surface area (Å²) < 4.78 is 0. The van der Waals surface area contributed by atoms with Gasteiger partial charge in [0.1, 0.15) is 11.6 Å². The Labute approximate surface area is 155 Å². The Morgan fingerprint density at radius 1 is 1.04 bits per heavy atom. The van der Waals surface area contributed by atoms with Gasteiger partial charge in [0.05, 0.1) is 12.2 Å². The van der Waals surface area contributed by atoms with Crippen molar-refractivity contribution in [1.29, 1.82) is 0 Å². The molecule has 1 amide bonds. The fourth-order valence-corrected chi connectivity index (χ4v) is 6.78. The molecule has 1 aromatic heterocycles. The smallest absolute Gasteiger partial charge is 0.226 e. The van der Waals surface area contributed by atoms with Gasteiger partial charge in [-0.1, -0.05) is 0 Å². The first-order chi connectivity index (χ1) is 12.7. The SMILES string of the molecule is Cc1nc2c(c(N3CCCC3)n1)CCN(C(=O)C1[C@@H]3[C@H]4CC[C@H](C4)[C@H]13)C2. The molecule has 1 unspecified atom stereocenters. The van der Waals surface area contributed by atoms with Crippen molar-refractivity contribution in [2.24, 2.45) is 29.6 Å². The van der Waals surface area contributed by atoms with E-state index in [0.29, 0.717) is 18.4 Å². The van der Waals surface area contributed by atoms with Crippen LogP contribution in [0, 0.1) is 36.5 Å². The number of fused-ring (bicyclic) bond motifs is 6. The Balaban J connectivity index is 1.24. The highest BCUT2D eigenvalue weighted by molar-refractivity contribution is 5.83. The quantitative estimate of drug-likeness (QED) is 0.821. The van der Waals surface area contributed by atoms with E-state index >= 15 is 0 Å². The molecule has 3 aliphatic carbocycles. The second kappa shape index (κ2) is 5.43. The van der Waals surface area contributed by atoms with Crippen molar-refractivity contribution >= 4 is 11.7 Å². The molecule has 6 rings (SSSR count). The van der Waals surface area contributed by atoms with Crippen LogP contribution in [-0.2, 0) is 17.8 Å². The maximum atomic E-state index is 13.2. The summed E-state index contributed by atoms with van der Waals surface area (Å²) in [6, 6.07) is 0. The topological polar surface area (TPSA) is 49.3 Å². The van der Waals surface area contributed by atoms with Crippen molar-refractivity contribution < 1.29 is 4.79 Å². The molecular formula is C21H28N4O. The van der Waals surface area contributed by atoms with Gasteiger partial charge in [-0.3, -0.25) is 4.79 Å². The molecular weight excluding hydrogens is 324 g/mol. The number of aromatic nitrogens is 2. The third-order valence-electron chi connectivity index (χ3n) is 7.89. The first kappa shape index (κ1) is 15.4. The van der Waals surface area contributed by atoms with Crippen LogP contribution in [0.1, 0.15) is 49.2 Å². The highest BCUT2D eigenvalue weighted by Gasteiger charge is 2.68. The minimum absolute atomic E-state index is 0.351. The first-order valence-corrected chi connectivity index (χ1v) is 10.6. The molecule has 2 bridgehead atoms. The summed E-state index contributed by atoms with van der Waals surface area (Å²) in [5.41, 5.74) is 2.41. The fourth-order valence-electron chi connectivity index (χ4n) is 6.78. The van der Waals surface area contributed by atoms with Gasteiger partial charge in [-0.05, 0) is 69.1 Å². The van der Waals surface area contributed by atoms with E-state index in [-0.39, 0.29) is 0 Å². The van der Waals surface area contributed by atoms with Gasteiger partial charge in [0, 0.05) is 31.1 Å². The number of aryl methyl sites for hydroxylation is 1. The van der Waals surface area contributed by atoms with E-state index in [1.807, 2.05) is 6.92 Å². The van der Waals surface area contributed by atoms with Crippen molar-refractivity contribution in [3.63, 3.8) is 0 Å². The molecule has 1 saturated heterocycles. The summed E-state index contributed by atoms with van der Waals surface area (Å²) in [6.07, 6.45) is 7.61. The Morgan fingerprint density at radius 2 is 1.77 bits per heavy atom. The fraction of sp³-hybridized carbons (Fsp3) is 0.762. The molecule has 5 atom stereocenters. The zero-order valence-electron chi connectivity index (χ0n) is 15.7. The lowest BCUT2D eigenvalue weighted by Gasteiger charge is -2.32. The van der Waals surface area contributed by atoms with Gasteiger partial charge in [0.15, 0.2) is 0 Å². The first-order valence-electron chi connectivity index (χ1n) is 10.6. The average Bonchev–Trinajstić information content (AvgIpc) is 3.06. The summed E-state index contributed by atoms with van der Waals surface area (Å²) in [7, 11) is 0. The number of carbonyl (C=O) groups is 1. The Kier molecular flexibility index (Phi) is 3.22. The third-order valence-corrected chi connectivity index (χ3v) is 7.89. The van der Waals surface area contributed by atoms with Crippen LogP contribution in [-0.4, -0.2) is 40.4 Å². The number of hydrogen-bond acceptors (Lipinski definition) is 4. The van der Waals surface area contributed by atoms with Gasteiger partial charge < -0.3 is 9.80 Å². The normalized spacial score (nSPS) is 37.0. The van der Waals surface area contributed by atoms with E-state index in [0.717, 1.165) is 67.1 Å². The predicted molar refractivity (Wildman–Crippen MR) is 98.6 cm³/mol. The van der Waals surface area contributed by atoms with E-state index in [1.165, 1.54) is 37.7 Å². The monoisotopic (exact) mass is 352 g/mol. The van der Waals surface area contributed by atoms with Crippen molar-refractivity contribution in [1.82, 2.24) is 14.9 Å². The molecule has 0 aromatic carbocycles. The number of nitrogens with zero attached hydrogens (tertiary/aromatic N) is 4. The highest BCUT2D eigenvalue weighted by atomic mass is 16.2. The summed E-state index contributed by atoms with van der Waals surface area (Å²) in [4.78, 5) is 27.3. The van der Waals surface area contributed by atoms with Crippen LogP contribution in [0.2, 0.25) is 0 Å². The van der Waals surface area contributed by atoms with Gasteiger partial charge in [0.2, 0.25) is 5.91 Å². The molecule has 0 radical (unpaired) electrons. The highest BCUT2D eigenvalue weighted by Crippen LogP contribution is 2.69.